The van der Waals surface area contributed by atoms with E-state index in [4.69, 9.17) is 5.11 Å². The van der Waals surface area contributed by atoms with E-state index in [9.17, 15) is 4.79 Å². The van der Waals surface area contributed by atoms with Gasteiger partial charge >= 0.3 is 5.97 Å². The maximum Gasteiger partial charge on any atom is 0.328 e. The van der Waals surface area contributed by atoms with E-state index in [1.54, 1.807) is 5.57 Å². The highest BCUT2D eigenvalue weighted by Crippen LogP contribution is 2.52. The van der Waals surface area contributed by atoms with Crippen molar-refractivity contribution in [3.63, 3.8) is 0 Å². The lowest BCUT2D eigenvalue weighted by atomic mass is 9.71. The highest BCUT2D eigenvalue weighted by Gasteiger charge is 2.41. The van der Waals surface area contributed by atoms with Gasteiger partial charge < -0.3 is 5.11 Å². The lowest BCUT2D eigenvalue weighted by molar-refractivity contribution is -0.131. The minimum Gasteiger partial charge on any atom is -0.478 e. The van der Waals surface area contributed by atoms with Crippen LogP contribution in [0.15, 0.2) is 23.3 Å². The van der Waals surface area contributed by atoms with Crippen LogP contribution >= 0.6 is 0 Å². The number of hydrogen-bond donors (Lipinski definition) is 1. The third-order valence-corrected chi connectivity index (χ3v) is 4.51. The minimum atomic E-state index is -0.781. The van der Waals surface area contributed by atoms with Crippen LogP contribution in [0.4, 0.5) is 0 Å². The number of carboxylic acids is 1. The van der Waals surface area contributed by atoms with Crippen molar-refractivity contribution in [3.05, 3.63) is 23.3 Å². The molecule has 0 aromatic rings. The number of rotatable bonds is 2. The molecule has 1 N–H and O–H groups in total. The molecule has 0 heterocycles. The normalized spacial score (nSPS) is 36.0. The highest BCUT2D eigenvalue weighted by atomic mass is 16.4. The highest BCUT2D eigenvalue weighted by molar-refractivity contribution is 5.81. The van der Waals surface area contributed by atoms with Crippen molar-refractivity contribution in [1.82, 2.24) is 0 Å². The first-order chi connectivity index (χ1) is 7.74. The Hall–Kier alpha value is -1.05. The fraction of sp³-hybridized carbons (Fsp3) is 0.643. The molecule has 2 fully saturated rings. The first kappa shape index (κ1) is 10.1. The lowest BCUT2D eigenvalue weighted by Gasteiger charge is -2.33. The zero-order chi connectivity index (χ0) is 11.1. The lowest BCUT2D eigenvalue weighted by Crippen LogP contribution is -2.24. The van der Waals surface area contributed by atoms with Gasteiger partial charge in [-0.25, -0.2) is 4.79 Å². The molecule has 0 aromatic carbocycles. The van der Waals surface area contributed by atoms with E-state index in [0.29, 0.717) is 5.92 Å². The number of allylic oxidation sites excluding steroid dienone is 3. The summed E-state index contributed by atoms with van der Waals surface area (Å²) < 4.78 is 0. The number of aliphatic carboxylic acids is 1. The van der Waals surface area contributed by atoms with Crippen LogP contribution in [0.5, 0.6) is 0 Å². The van der Waals surface area contributed by atoms with Crippen molar-refractivity contribution in [2.75, 3.05) is 0 Å². The van der Waals surface area contributed by atoms with Crippen molar-refractivity contribution in [3.8, 4) is 0 Å². The van der Waals surface area contributed by atoms with E-state index in [2.05, 4.69) is 6.08 Å². The fourth-order valence-corrected chi connectivity index (χ4v) is 3.66. The van der Waals surface area contributed by atoms with Crippen LogP contribution < -0.4 is 0 Å². The predicted octanol–water partition coefficient (Wildman–Crippen LogP) is 3.15. The van der Waals surface area contributed by atoms with Crippen LogP contribution in [0, 0.1) is 17.8 Å². The average molecular weight is 218 g/mol. The van der Waals surface area contributed by atoms with E-state index in [-0.39, 0.29) is 0 Å². The first-order valence-corrected chi connectivity index (χ1v) is 6.38. The number of hydrogen-bond acceptors (Lipinski definition) is 1. The molecule has 3 aliphatic carbocycles. The summed E-state index contributed by atoms with van der Waals surface area (Å²) in [6.07, 6.45) is 11.6. The Morgan fingerprint density at radius 2 is 2.06 bits per heavy atom. The Morgan fingerprint density at radius 1 is 1.31 bits per heavy atom. The molecule has 3 rings (SSSR count). The zero-order valence-electron chi connectivity index (χ0n) is 9.48. The summed E-state index contributed by atoms with van der Waals surface area (Å²) >= 11 is 0. The Kier molecular flexibility index (Phi) is 2.38. The van der Waals surface area contributed by atoms with Gasteiger partial charge in [0.25, 0.3) is 0 Å². The second kappa shape index (κ2) is 3.76. The summed E-state index contributed by atoms with van der Waals surface area (Å²) in [6, 6.07) is 0. The topological polar surface area (TPSA) is 37.3 Å². The van der Waals surface area contributed by atoms with Crippen LogP contribution in [0.3, 0.4) is 0 Å². The number of carboxylic acid groups (broad SMARTS) is 1. The minimum absolute atomic E-state index is 0.478. The molecule has 3 aliphatic rings. The van der Waals surface area contributed by atoms with E-state index < -0.39 is 5.97 Å². The first-order valence-electron chi connectivity index (χ1n) is 6.38. The average Bonchev–Trinajstić information content (AvgIpc) is 2.81. The van der Waals surface area contributed by atoms with Crippen LogP contribution in [0.2, 0.25) is 0 Å². The van der Waals surface area contributed by atoms with E-state index in [0.717, 1.165) is 23.8 Å². The molecule has 0 amide bonds. The van der Waals surface area contributed by atoms with Gasteiger partial charge in [0.1, 0.15) is 0 Å². The van der Waals surface area contributed by atoms with Crippen molar-refractivity contribution < 1.29 is 9.90 Å². The quantitative estimate of drug-likeness (QED) is 0.571. The summed E-state index contributed by atoms with van der Waals surface area (Å²) in [5.74, 6) is 1.26. The molecule has 0 saturated heterocycles. The third-order valence-electron chi connectivity index (χ3n) is 4.51. The molecule has 0 bridgehead atoms. The molecule has 2 heteroatoms. The van der Waals surface area contributed by atoms with Gasteiger partial charge in [-0.2, -0.15) is 0 Å². The molecule has 0 aliphatic heterocycles. The number of carbonyl (C=O) groups is 1. The largest absolute Gasteiger partial charge is 0.478 e. The molecule has 2 atom stereocenters. The van der Waals surface area contributed by atoms with Crippen LogP contribution in [-0.2, 0) is 4.79 Å². The molecule has 0 radical (unpaired) electrons. The Balaban J connectivity index is 1.72. The maximum absolute atomic E-state index is 10.6. The van der Waals surface area contributed by atoms with Gasteiger partial charge in [0.05, 0.1) is 0 Å². The zero-order valence-corrected chi connectivity index (χ0v) is 9.48. The van der Waals surface area contributed by atoms with E-state index in [1.807, 2.05) is 0 Å². The number of fused-ring (bicyclic) bond motifs is 1. The molecule has 86 valence electrons. The van der Waals surface area contributed by atoms with Crippen molar-refractivity contribution in [2.45, 2.75) is 38.5 Å². The van der Waals surface area contributed by atoms with Gasteiger partial charge in [-0.05, 0) is 37.5 Å². The predicted molar refractivity (Wildman–Crippen MR) is 62.0 cm³/mol. The summed E-state index contributed by atoms with van der Waals surface area (Å²) in [4.78, 5) is 10.6. The molecular weight excluding hydrogens is 200 g/mol. The van der Waals surface area contributed by atoms with Gasteiger partial charge in [0.2, 0.25) is 0 Å². The second-order valence-corrected chi connectivity index (χ2v) is 5.47. The van der Waals surface area contributed by atoms with Crippen molar-refractivity contribution in [2.24, 2.45) is 17.8 Å². The molecule has 0 spiro atoms. The molecule has 0 unspecified atom stereocenters. The van der Waals surface area contributed by atoms with Gasteiger partial charge in [0, 0.05) is 12.0 Å². The Bertz CT molecular complexity index is 372. The maximum atomic E-state index is 10.6. The monoisotopic (exact) mass is 218 g/mol. The van der Waals surface area contributed by atoms with Crippen LogP contribution in [-0.4, -0.2) is 11.1 Å². The fourth-order valence-electron chi connectivity index (χ4n) is 3.66. The van der Waals surface area contributed by atoms with Crippen LogP contribution in [0.1, 0.15) is 38.5 Å². The Morgan fingerprint density at radius 3 is 2.75 bits per heavy atom. The molecule has 2 saturated carbocycles. The van der Waals surface area contributed by atoms with Crippen LogP contribution in [0.25, 0.3) is 0 Å². The van der Waals surface area contributed by atoms with E-state index >= 15 is 0 Å². The van der Waals surface area contributed by atoms with E-state index in [1.165, 1.54) is 38.2 Å². The summed E-state index contributed by atoms with van der Waals surface area (Å²) in [5, 5.41) is 8.75. The third kappa shape index (κ3) is 1.60. The molecule has 0 aromatic heterocycles. The molecule has 2 nitrogen and oxygen atoms in total. The molecular formula is C14H18O2. The van der Waals surface area contributed by atoms with Crippen molar-refractivity contribution >= 4 is 5.97 Å². The second-order valence-electron chi connectivity index (χ2n) is 5.47. The SMILES string of the molecule is O=C(O)/C=C1/C[C@@H]2CC(C3CCCC3)=C[C@H]12. The molecule has 16 heavy (non-hydrogen) atoms. The smallest absolute Gasteiger partial charge is 0.328 e. The Labute approximate surface area is 96.0 Å². The van der Waals surface area contributed by atoms with Gasteiger partial charge in [-0.3, -0.25) is 0 Å². The summed E-state index contributed by atoms with van der Waals surface area (Å²) in [7, 11) is 0. The van der Waals surface area contributed by atoms with Gasteiger partial charge in [-0.1, -0.05) is 30.1 Å². The van der Waals surface area contributed by atoms with Crippen molar-refractivity contribution in [1.29, 1.82) is 0 Å². The summed E-state index contributed by atoms with van der Waals surface area (Å²) in [5.41, 5.74) is 2.78. The standard InChI is InChI=1S/C14H18O2/c15-14(16)8-12-6-11-5-10(7-13(11)12)9-3-1-2-4-9/h7-9,11,13H,1-6H2,(H,15,16)/b12-8-/t11-,13-/m0/s1. The summed E-state index contributed by atoms with van der Waals surface area (Å²) in [6.45, 7) is 0. The van der Waals surface area contributed by atoms with Gasteiger partial charge in [-0.15, -0.1) is 0 Å². The van der Waals surface area contributed by atoms with Gasteiger partial charge in [0.15, 0.2) is 0 Å².